The molecule has 3 aliphatic rings. The molecule has 21 heavy (non-hydrogen) atoms. The molecule has 1 N–H and O–H groups in total. The van der Waals surface area contributed by atoms with Gasteiger partial charge in [0.15, 0.2) is 0 Å². The van der Waals surface area contributed by atoms with E-state index in [0.717, 1.165) is 44.9 Å². The van der Waals surface area contributed by atoms with Gasteiger partial charge in [-0.05, 0) is 38.0 Å². The molecular weight excluding hydrogens is 264 g/mol. The minimum Gasteiger partial charge on any atom is -0.342 e. The van der Waals surface area contributed by atoms with Crippen molar-refractivity contribution in [1.29, 1.82) is 0 Å². The lowest BCUT2D eigenvalue weighted by Crippen LogP contribution is -2.71. The highest BCUT2D eigenvalue weighted by Crippen LogP contribution is 2.42. The van der Waals surface area contributed by atoms with Crippen molar-refractivity contribution in [2.24, 2.45) is 5.92 Å². The molecule has 0 bridgehead atoms. The molecule has 0 radical (unpaired) electrons. The highest BCUT2D eigenvalue weighted by atomic mass is 16.2. The van der Waals surface area contributed by atoms with Crippen molar-refractivity contribution in [2.75, 3.05) is 0 Å². The first-order chi connectivity index (χ1) is 10.0. The van der Waals surface area contributed by atoms with E-state index in [1.165, 1.54) is 12.8 Å². The third kappa shape index (κ3) is 2.47. The van der Waals surface area contributed by atoms with E-state index in [1.807, 2.05) is 0 Å². The van der Waals surface area contributed by atoms with E-state index >= 15 is 0 Å². The Kier molecular flexibility index (Phi) is 3.98. The summed E-state index contributed by atoms with van der Waals surface area (Å²) in [7, 11) is 0. The Morgan fingerprint density at radius 1 is 1.14 bits per heavy atom. The molecule has 0 aromatic rings. The molecule has 2 aliphatic carbocycles. The largest absolute Gasteiger partial charge is 0.342 e. The van der Waals surface area contributed by atoms with E-state index in [9.17, 15) is 9.59 Å². The van der Waals surface area contributed by atoms with E-state index in [2.05, 4.69) is 24.1 Å². The zero-order chi connectivity index (χ0) is 15.0. The van der Waals surface area contributed by atoms with Crippen LogP contribution >= 0.6 is 0 Å². The van der Waals surface area contributed by atoms with Gasteiger partial charge in [0.25, 0.3) is 0 Å². The van der Waals surface area contributed by atoms with Crippen molar-refractivity contribution in [3.63, 3.8) is 0 Å². The molecule has 2 amide bonds. The van der Waals surface area contributed by atoms with E-state index in [4.69, 9.17) is 0 Å². The molecular formula is C17H28N2O2. The van der Waals surface area contributed by atoms with Crippen LogP contribution in [0.3, 0.4) is 0 Å². The van der Waals surface area contributed by atoms with Crippen molar-refractivity contribution >= 4 is 11.8 Å². The van der Waals surface area contributed by atoms with E-state index in [0.29, 0.717) is 12.0 Å². The summed E-state index contributed by atoms with van der Waals surface area (Å²) in [4.78, 5) is 27.9. The topological polar surface area (TPSA) is 49.4 Å². The molecule has 4 nitrogen and oxygen atoms in total. The summed E-state index contributed by atoms with van der Waals surface area (Å²) >= 11 is 0. The van der Waals surface area contributed by atoms with E-state index in [1.54, 1.807) is 0 Å². The maximum atomic E-state index is 13.1. The van der Waals surface area contributed by atoms with Crippen molar-refractivity contribution in [3.8, 4) is 0 Å². The molecule has 1 saturated heterocycles. The monoisotopic (exact) mass is 292 g/mol. The zero-order valence-corrected chi connectivity index (χ0v) is 13.4. The predicted molar refractivity (Wildman–Crippen MR) is 81.7 cm³/mol. The minimum absolute atomic E-state index is 0.122. The van der Waals surface area contributed by atoms with Gasteiger partial charge in [0.2, 0.25) is 11.8 Å². The molecule has 3 fully saturated rings. The Morgan fingerprint density at radius 3 is 2.33 bits per heavy atom. The quantitative estimate of drug-likeness (QED) is 0.869. The fourth-order valence-electron chi connectivity index (χ4n) is 4.59. The maximum Gasteiger partial charge on any atom is 0.246 e. The molecule has 1 aliphatic heterocycles. The van der Waals surface area contributed by atoms with Gasteiger partial charge in [-0.15, -0.1) is 0 Å². The van der Waals surface area contributed by atoms with Crippen LogP contribution in [0.5, 0.6) is 0 Å². The molecule has 0 aromatic heterocycles. The van der Waals surface area contributed by atoms with E-state index < -0.39 is 5.54 Å². The zero-order valence-electron chi connectivity index (χ0n) is 13.4. The Morgan fingerprint density at radius 2 is 1.76 bits per heavy atom. The Bertz CT molecular complexity index is 421. The van der Waals surface area contributed by atoms with Crippen LogP contribution < -0.4 is 5.32 Å². The van der Waals surface area contributed by atoms with Crippen molar-refractivity contribution < 1.29 is 9.59 Å². The number of carbonyl (C=O) groups excluding carboxylic acids is 2. The number of rotatable bonds is 3. The molecule has 2 saturated carbocycles. The van der Waals surface area contributed by atoms with Gasteiger partial charge < -0.3 is 10.2 Å². The van der Waals surface area contributed by atoms with Crippen molar-refractivity contribution in [1.82, 2.24) is 10.2 Å². The van der Waals surface area contributed by atoms with Crippen LogP contribution in [0.15, 0.2) is 0 Å². The summed E-state index contributed by atoms with van der Waals surface area (Å²) in [6.07, 6.45) is 9.15. The number of piperazine rings is 1. The van der Waals surface area contributed by atoms with Gasteiger partial charge in [0, 0.05) is 6.04 Å². The second-order valence-corrected chi connectivity index (χ2v) is 7.54. The normalized spacial score (nSPS) is 29.7. The van der Waals surface area contributed by atoms with Crippen molar-refractivity contribution in [3.05, 3.63) is 0 Å². The van der Waals surface area contributed by atoms with Crippen LogP contribution in [0, 0.1) is 5.92 Å². The van der Waals surface area contributed by atoms with Crippen LogP contribution in [0.25, 0.3) is 0 Å². The summed E-state index contributed by atoms with van der Waals surface area (Å²) in [5.74, 6) is 0.733. The summed E-state index contributed by atoms with van der Waals surface area (Å²) in [5, 5.41) is 3.05. The average Bonchev–Trinajstić information content (AvgIpc) is 3.08. The third-order valence-electron chi connectivity index (χ3n) is 5.55. The Balaban J connectivity index is 1.90. The Labute approximate surface area is 127 Å². The SMILES string of the molecule is CC(C)CC1NC(=O)C2(CCCC2)N(C2CCCC2)C1=O. The van der Waals surface area contributed by atoms with Gasteiger partial charge in [-0.2, -0.15) is 0 Å². The highest BCUT2D eigenvalue weighted by molar-refractivity contribution is 6.00. The van der Waals surface area contributed by atoms with Crippen LogP contribution in [0.1, 0.15) is 71.6 Å². The van der Waals surface area contributed by atoms with Crippen LogP contribution in [0.2, 0.25) is 0 Å². The summed E-state index contributed by atoms with van der Waals surface area (Å²) in [5.41, 5.74) is -0.514. The van der Waals surface area contributed by atoms with E-state index in [-0.39, 0.29) is 17.9 Å². The first-order valence-electron chi connectivity index (χ1n) is 8.69. The van der Waals surface area contributed by atoms with Crippen molar-refractivity contribution in [2.45, 2.75) is 89.3 Å². The van der Waals surface area contributed by atoms with Crippen LogP contribution in [-0.2, 0) is 9.59 Å². The smallest absolute Gasteiger partial charge is 0.246 e. The second kappa shape index (κ2) is 5.62. The molecule has 118 valence electrons. The average molecular weight is 292 g/mol. The lowest BCUT2D eigenvalue weighted by molar-refractivity contribution is -0.161. The predicted octanol–water partition coefficient (Wildman–Crippen LogP) is 2.61. The first-order valence-corrected chi connectivity index (χ1v) is 8.69. The van der Waals surface area contributed by atoms with Gasteiger partial charge in [-0.25, -0.2) is 0 Å². The van der Waals surface area contributed by atoms with Gasteiger partial charge in [0.1, 0.15) is 11.6 Å². The summed E-state index contributed by atoms with van der Waals surface area (Å²) in [6.45, 7) is 4.22. The lowest BCUT2D eigenvalue weighted by Gasteiger charge is -2.49. The van der Waals surface area contributed by atoms with Gasteiger partial charge >= 0.3 is 0 Å². The molecule has 1 heterocycles. The first kappa shape index (κ1) is 14.9. The number of nitrogens with one attached hydrogen (secondary N) is 1. The summed E-state index contributed by atoms with van der Waals surface area (Å²) in [6, 6.07) is 0.000590. The van der Waals surface area contributed by atoms with Crippen LogP contribution in [-0.4, -0.2) is 34.3 Å². The van der Waals surface area contributed by atoms with Gasteiger partial charge in [-0.3, -0.25) is 9.59 Å². The molecule has 3 rings (SSSR count). The van der Waals surface area contributed by atoms with Gasteiger partial charge in [-0.1, -0.05) is 39.5 Å². The number of hydrogen-bond donors (Lipinski definition) is 1. The lowest BCUT2D eigenvalue weighted by atomic mass is 9.85. The molecule has 0 aromatic carbocycles. The fraction of sp³-hybridized carbons (Fsp3) is 0.882. The minimum atomic E-state index is -0.514. The third-order valence-corrected chi connectivity index (χ3v) is 5.55. The molecule has 4 heteroatoms. The highest BCUT2D eigenvalue weighted by Gasteiger charge is 2.55. The molecule has 1 atom stereocenters. The second-order valence-electron chi connectivity index (χ2n) is 7.54. The number of hydrogen-bond acceptors (Lipinski definition) is 2. The summed E-state index contributed by atoms with van der Waals surface area (Å²) < 4.78 is 0. The maximum absolute atomic E-state index is 13.1. The number of amides is 2. The molecule has 1 spiro atoms. The van der Waals surface area contributed by atoms with Crippen LogP contribution in [0.4, 0.5) is 0 Å². The standard InChI is InChI=1S/C17H28N2O2/c1-12(2)11-14-15(20)19(13-7-3-4-8-13)17(16(21)18-14)9-5-6-10-17/h12-14H,3-11H2,1-2H3,(H,18,21). The fourth-order valence-corrected chi connectivity index (χ4v) is 4.59. The number of carbonyl (C=O) groups is 2. The van der Waals surface area contributed by atoms with Gasteiger partial charge in [0.05, 0.1) is 0 Å². The Hall–Kier alpha value is -1.06. The molecule has 1 unspecified atom stereocenters. The number of nitrogens with zero attached hydrogens (tertiary/aromatic N) is 1.